The largest absolute Gasteiger partial charge is 0.454 e. The van der Waals surface area contributed by atoms with Crippen LogP contribution in [0.5, 0.6) is 0 Å². The molecule has 3 N–H and O–H groups in total. The minimum Gasteiger partial charge on any atom is -0.454 e. The molecule has 0 radical (unpaired) electrons. The van der Waals surface area contributed by atoms with Crippen LogP contribution < -0.4 is 11.3 Å². The van der Waals surface area contributed by atoms with Gasteiger partial charge in [-0.25, -0.2) is 5.84 Å². The quantitative estimate of drug-likeness (QED) is 0.366. The highest BCUT2D eigenvalue weighted by Crippen LogP contribution is 2.22. The van der Waals surface area contributed by atoms with Gasteiger partial charge in [-0.1, -0.05) is 0 Å². The van der Waals surface area contributed by atoms with Crippen LogP contribution in [-0.4, -0.2) is 20.6 Å². The van der Waals surface area contributed by atoms with Crippen LogP contribution in [0, 0.1) is 24.0 Å². The fraction of sp³-hybridized carbons (Fsp3) is 0.273. The molecule has 0 atom stereocenters. The number of nitrogens with two attached hydrogens (primary N) is 1. The van der Waals surface area contributed by atoms with Crippen molar-refractivity contribution in [2.45, 2.75) is 20.4 Å². The van der Waals surface area contributed by atoms with E-state index in [2.05, 4.69) is 5.10 Å². The van der Waals surface area contributed by atoms with Gasteiger partial charge in [0.05, 0.1) is 11.5 Å². The monoisotopic (exact) mass is 279 g/mol. The van der Waals surface area contributed by atoms with Crippen molar-refractivity contribution in [3.8, 4) is 0 Å². The highest BCUT2D eigenvalue weighted by Gasteiger charge is 2.22. The van der Waals surface area contributed by atoms with Gasteiger partial charge in [0.1, 0.15) is 17.1 Å². The summed E-state index contributed by atoms with van der Waals surface area (Å²) in [7, 11) is 0. The Bertz CT molecular complexity index is 672. The lowest BCUT2D eigenvalue weighted by Gasteiger charge is -2.00. The average Bonchev–Trinajstić information content (AvgIpc) is 2.95. The number of nitrogens with one attached hydrogen (secondary N) is 1. The van der Waals surface area contributed by atoms with Crippen molar-refractivity contribution in [2.24, 2.45) is 5.84 Å². The smallest absolute Gasteiger partial charge is 0.312 e. The maximum Gasteiger partial charge on any atom is 0.312 e. The lowest BCUT2D eigenvalue weighted by atomic mass is 10.3. The molecule has 9 heteroatoms. The molecule has 0 unspecified atom stereocenters. The number of carbonyl (C=O) groups is 1. The molecule has 2 rings (SSSR count). The van der Waals surface area contributed by atoms with E-state index in [4.69, 9.17) is 10.3 Å². The zero-order valence-electron chi connectivity index (χ0n) is 10.9. The standard InChI is InChI=1S/C11H13N5O4/c1-6-10(16(18)19)7(2)15(14-6)5-8-3-4-9(20-8)11(17)13-12/h3-4H,5,12H2,1-2H3,(H,13,17). The molecule has 2 heterocycles. The fourth-order valence-corrected chi connectivity index (χ4v) is 1.91. The van der Waals surface area contributed by atoms with Crippen LogP contribution in [0.1, 0.15) is 27.7 Å². The van der Waals surface area contributed by atoms with Crippen molar-refractivity contribution >= 4 is 11.6 Å². The van der Waals surface area contributed by atoms with Crippen LogP contribution in [0.4, 0.5) is 5.69 Å². The lowest BCUT2D eigenvalue weighted by Crippen LogP contribution is -2.29. The Morgan fingerprint density at radius 1 is 1.55 bits per heavy atom. The molecular formula is C11H13N5O4. The SMILES string of the molecule is Cc1nn(Cc2ccc(C(=O)NN)o2)c(C)c1[N+](=O)[O-]. The second-order valence-electron chi connectivity index (χ2n) is 4.17. The molecule has 0 aliphatic rings. The molecule has 1 amide bonds. The van der Waals surface area contributed by atoms with E-state index in [0.29, 0.717) is 17.1 Å². The van der Waals surface area contributed by atoms with Crippen LogP contribution in [0.2, 0.25) is 0 Å². The number of nitro groups is 1. The minimum absolute atomic E-state index is 0.0171. The van der Waals surface area contributed by atoms with Gasteiger partial charge in [0.25, 0.3) is 0 Å². The highest BCUT2D eigenvalue weighted by molar-refractivity contribution is 5.90. The van der Waals surface area contributed by atoms with E-state index >= 15 is 0 Å². The first kappa shape index (κ1) is 13.7. The number of nitrogen functional groups attached to an aromatic ring is 1. The van der Waals surface area contributed by atoms with E-state index in [0.717, 1.165) is 0 Å². The second kappa shape index (κ2) is 5.13. The number of nitrogens with zero attached hydrogens (tertiary/aromatic N) is 3. The molecule has 0 aromatic carbocycles. The Morgan fingerprint density at radius 2 is 2.25 bits per heavy atom. The van der Waals surface area contributed by atoms with E-state index in [9.17, 15) is 14.9 Å². The van der Waals surface area contributed by atoms with Gasteiger partial charge in [-0.2, -0.15) is 5.10 Å². The molecule has 0 saturated carbocycles. The molecule has 20 heavy (non-hydrogen) atoms. The van der Waals surface area contributed by atoms with Gasteiger partial charge in [-0.3, -0.25) is 25.0 Å². The number of furan rings is 1. The Morgan fingerprint density at radius 3 is 2.80 bits per heavy atom. The number of hydrazine groups is 1. The minimum atomic E-state index is -0.546. The number of hydrogen-bond donors (Lipinski definition) is 2. The van der Waals surface area contributed by atoms with Crippen LogP contribution in [0.25, 0.3) is 0 Å². The third-order valence-electron chi connectivity index (χ3n) is 2.85. The molecule has 106 valence electrons. The molecule has 2 aromatic heterocycles. The summed E-state index contributed by atoms with van der Waals surface area (Å²) in [6.07, 6.45) is 0. The Balaban J connectivity index is 2.27. The molecular weight excluding hydrogens is 266 g/mol. The normalized spacial score (nSPS) is 10.6. The fourth-order valence-electron chi connectivity index (χ4n) is 1.91. The topological polar surface area (TPSA) is 129 Å². The summed E-state index contributed by atoms with van der Waals surface area (Å²) < 4.78 is 6.74. The van der Waals surface area contributed by atoms with Crippen molar-refractivity contribution in [3.63, 3.8) is 0 Å². The third-order valence-corrected chi connectivity index (χ3v) is 2.85. The molecule has 0 bridgehead atoms. The number of amides is 1. The Labute approximate surface area is 113 Å². The molecule has 2 aromatic rings. The van der Waals surface area contributed by atoms with Gasteiger partial charge < -0.3 is 4.42 Å². The van der Waals surface area contributed by atoms with Crippen molar-refractivity contribution in [2.75, 3.05) is 0 Å². The van der Waals surface area contributed by atoms with Gasteiger partial charge in [0.2, 0.25) is 0 Å². The predicted octanol–water partition coefficient (Wildman–Crippen LogP) is 0.653. The van der Waals surface area contributed by atoms with Crippen molar-refractivity contribution in [3.05, 3.63) is 45.2 Å². The molecule has 9 nitrogen and oxygen atoms in total. The van der Waals surface area contributed by atoms with Crippen LogP contribution in [0.3, 0.4) is 0 Å². The summed E-state index contributed by atoms with van der Waals surface area (Å²) in [5.74, 6) is 4.97. The Kier molecular flexibility index (Phi) is 3.53. The summed E-state index contributed by atoms with van der Waals surface area (Å²) in [5, 5.41) is 15.0. The van der Waals surface area contributed by atoms with E-state index in [-0.39, 0.29) is 18.0 Å². The number of carbonyl (C=O) groups excluding carboxylic acids is 1. The molecule has 0 saturated heterocycles. The molecule has 0 aliphatic carbocycles. The number of aryl methyl sites for hydroxylation is 1. The highest BCUT2D eigenvalue weighted by atomic mass is 16.6. The van der Waals surface area contributed by atoms with Crippen LogP contribution in [-0.2, 0) is 6.54 Å². The van der Waals surface area contributed by atoms with E-state index < -0.39 is 10.8 Å². The van der Waals surface area contributed by atoms with E-state index in [1.165, 1.54) is 10.7 Å². The van der Waals surface area contributed by atoms with Gasteiger partial charge >= 0.3 is 11.6 Å². The summed E-state index contributed by atoms with van der Waals surface area (Å²) in [4.78, 5) is 21.7. The molecule has 0 spiro atoms. The summed E-state index contributed by atoms with van der Waals surface area (Å²) in [6.45, 7) is 3.37. The Hall–Kier alpha value is -2.68. The van der Waals surface area contributed by atoms with Gasteiger partial charge in [-0.15, -0.1) is 0 Å². The summed E-state index contributed by atoms with van der Waals surface area (Å²) in [6, 6.07) is 3.06. The van der Waals surface area contributed by atoms with Gasteiger partial charge in [0, 0.05) is 0 Å². The van der Waals surface area contributed by atoms with Crippen molar-refractivity contribution in [1.29, 1.82) is 0 Å². The second-order valence-corrected chi connectivity index (χ2v) is 4.17. The first-order valence-corrected chi connectivity index (χ1v) is 5.72. The maximum atomic E-state index is 11.3. The first-order chi connectivity index (χ1) is 9.43. The summed E-state index contributed by atoms with van der Waals surface area (Å²) >= 11 is 0. The van der Waals surface area contributed by atoms with E-state index in [1.54, 1.807) is 19.9 Å². The number of rotatable bonds is 4. The van der Waals surface area contributed by atoms with Crippen LogP contribution in [0.15, 0.2) is 16.5 Å². The lowest BCUT2D eigenvalue weighted by molar-refractivity contribution is -0.386. The zero-order valence-corrected chi connectivity index (χ0v) is 10.9. The van der Waals surface area contributed by atoms with Gasteiger partial charge in [-0.05, 0) is 26.0 Å². The molecule has 0 aliphatic heterocycles. The first-order valence-electron chi connectivity index (χ1n) is 5.72. The summed E-state index contributed by atoms with van der Waals surface area (Å²) in [5.41, 5.74) is 2.69. The number of hydrogen-bond acceptors (Lipinski definition) is 6. The van der Waals surface area contributed by atoms with Crippen molar-refractivity contribution < 1.29 is 14.1 Å². The predicted molar refractivity (Wildman–Crippen MR) is 67.8 cm³/mol. The van der Waals surface area contributed by atoms with E-state index in [1.807, 2.05) is 5.43 Å². The molecule has 0 fully saturated rings. The zero-order chi connectivity index (χ0) is 14.9. The van der Waals surface area contributed by atoms with Crippen molar-refractivity contribution in [1.82, 2.24) is 15.2 Å². The maximum absolute atomic E-state index is 11.3. The van der Waals surface area contributed by atoms with Gasteiger partial charge in [0.15, 0.2) is 5.76 Å². The third kappa shape index (κ3) is 2.38. The average molecular weight is 279 g/mol. The number of aromatic nitrogens is 2. The van der Waals surface area contributed by atoms with Crippen LogP contribution >= 0.6 is 0 Å².